The van der Waals surface area contributed by atoms with Gasteiger partial charge in [-0.3, -0.25) is 0 Å². The fourth-order valence-electron chi connectivity index (χ4n) is 1.64. The third kappa shape index (κ3) is 6.61. The Morgan fingerprint density at radius 1 is 1.47 bits per heavy atom. The van der Waals surface area contributed by atoms with Gasteiger partial charge in [0.25, 0.3) is 0 Å². The van der Waals surface area contributed by atoms with E-state index in [1.807, 2.05) is 0 Å². The Morgan fingerprint density at radius 2 is 2.27 bits per heavy atom. The van der Waals surface area contributed by atoms with Crippen LogP contribution in [-0.4, -0.2) is 66.5 Å². The minimum absolute atomic E-state index is 0.365. The van der Waals surface area contributed by atoms with Crippen LogP contribution in [0.2, 0.25) is 8.86 Å². The van der Waals surface area contributed by atoms with Crippen molar-refractivity contribution in [1.29, 1.82) is 0 Å². The summed E-state index contributed by atoms with van der Waals surface area (Å²) in [6, 6.07) is 0. The summed E-state index contributed by atoms with van der Waals surface area (Å²) in [5.41, 5.74) is 0. The van der Waals surface area contributed by atoms with Crippen LogP contribution in [0.15, 0.2) is 9.91 Å². The van der Waals surface area contributed by atoms with E-state index in [1.54, 1.807) is 0 Å². The number of nitrogens with zero attached hydrogens (tertiary/aromatic N) is 1. The van der Waals surface area contributed by atoms with Gasteiger partial charge in [0.2, 0.25) is 0 Å². The summed E-state index contributed by atoms with van der Waals surface area (Å²) in [5, 5.41) is 0. The molecule has 0 aromatic heterocycles. The minimum atomic E-state index is -1.17. The molecule has 4 heteroatoms. The van der Waals surface area contributed by atoms with E-state index in [9.17, 15) is 0 Å². The molecule has 1 heterocycles. The van der Waals surface area contributed by atoms with Crippen LogP contribution in [0.1, 0.15) is 6.42 Å². The molecule has 0 aliphatic carbocycles. The maximum atomic E-state index is 5.61. The van der Waals surface area contributed by atoms with Crippen LogP contribution in [0.4, 0.5) is 0 Å². The standard InChI is InChI=1S/C10H19NO2.CH3.In/c1-5-10(2)13-9-12-8-6-7-11(3)4;;/h1,5,10H,2,6-9H2,3-4H3;1H3;. The molecule has 0 saturated carbocycles. The van der Waals surface area contributed by atoms with Gasteiger partial charge in [-0.05, 0) is 0 Å². The first kappa shape index (κ1) is 13.6. The third-order valence-corrected chi connectivity index (χ3v) is 8.48. The predicted octanol–water partition coefficient (Wildman–Crippen LogP) is 1.53. The van der Waals surface area contributed by atoms with E-state index in [2.05, 4.69) is 33.6 Å². The van der Waals surface area contributed by atoms with Crippen molar-refractivity contribution in [2.24, 2.45) is 0 Å². The Balaban J connectivity index is 1.87. The summed E-state index contributed by atoms with van der Waals surface area (Å²) < 4.78 is 17.2. The van der Waals surface area contributed by atoms with E-state index in [0.717, 1.165) is 19.6 Å². The van der Waals surface area contributed by atoms with Crippen molar-refractivity contribution < 1.29 is 9.47 Å². The van der Waals surface area contributed by atoms with Crippen LogP contribution >= 0.6 is 0 Å². The summed E-state index contributed by atoms with van der Waals surface area (Å²) >= 11 is -1.17. The van der Waals surface area contributed by atoms with Crippen LogP contribution in [0.5, 0.6) is 0 Å². The number of hydrogen-bond acceptors (Lipinski definition) is 3. The Kier molecular flexibility index (Phi) is 6.97. The number of rotatable bonds is 7. The van der Waals surface area contributed by atoms with Crippen molar-refractivity contribution in [2.75, 3.05) is 34.0 Å². The second-order valence-corrected chi connectivity index (χ2v) is 12.5. The van der Waals surface area contributed by atoms with Gasteiger partial charge in [-0.2, -0.15) is 0 Å². The molecule has 1 rings (SSSR count). The summed E-state index contributed by atoms with van der Waals surface area (Å²) in [6.45, 7) is 2.34. The average Bonchev–Trinajstić information content (AvgIpc) is 2.57. The van der Waals surface area contributed by atoms with Crippen molar-refractivity contribution in [3.05, 3.63) is 9.91 Å². The van der Waals surface area contributed by atoms with Gasteiger partial charge in [-0.25, -0.2) is 0 Å². The normalized spacial score (nSPS) is 20.5. The van der Waals surface area contributed by atoms with E-state index in [1.165, 1.54) is 4.18 Å². The van der Waals surface area contributed by atoms with E-state index >= 15 is 0 Å². The quantitative estimate of drug-likeness (QED) is 0.525. The second kappa shape index (κ2) is 7.71. The third-order valence-electron chi connectivity index (χ3n) is 2.52. The fourth-order valence-corrected chi connectivity index (χ4v) is 6.81. The Labute approximate surface area is 101 Å². The molecule has 0 aromatic carbocycles. The van der Waals surface area contributed by atoms with Gasteiger partial charge in [0.1, 0.15) is 0 Å². The first-order valence-corrected chi connectivity index (χ1v) is 13.2. The number of hydrogen-bond donors (Lipinski definition) is 0. The summed E-state index contributed by atoms with van der Waals surface area (Å²) in [4.78, 5) is 2.17. The molecule has 0 fully saturated rings. The molecule has 0 bridgehead atoms. The molecule has 15 heavy (non-hydrogen) atoms. The van der Waals surface area contributed by atoms with Gasteiger partial charge < -0.3 is 0 Å². The predicted molar refractivity (Wildman–Crippen MR) is 64.4 cm³/mol. The van der Waals surface area contributed by atoms with Crippen molar-refractivity contribution >= 4 is 21.4 Å². The summed E-state index contributed by atoms with van der Waals surface area (Å²) in [5.74, 6) is 0. The molecule has 1 aliphatic heterocycles. The second-order valence-electron chi connectivity index (χ2n) is 4.49. The van der Waals surface area contributed by atoms with E-state index in [0.29, 0.717) is 12.9 Å². The molecular formula is C11H22InNO2. The Morgan fingerprint density at radius 3 is 2.87 bits per heavy atom. The van der Waals surface area contributed by atoms with Crippen LogP contribution in [0.3, 0.4) is 0 Å². The van der Waals surface area contributed by atoms with Gasteiger partial charge in [0.15, 0.2) is 0 Å². The SMILES string of the molecule is CN(C)CCCOCOC1C=[CH][In]([CH3])[CH2]1. The van der Waals surface area contributed by atoms with Crippen molar-refractivity contribution in [3.8, 4) is 0 Å². The van der Waals surface area contributed by atoms with Crippen LogP contribution in [-0.2, 0) is 9.47 Å². The summed E-state index contributed by atoms with van der Waals surface area (Å²) in [6.07, 6.45) is 3.67. The van der Waals surface area contributed by atoms with Crippen molar-refractivity contribution in [1.82, 2.24) is 4.90 Å². The molecule has 1 unspecified atom stereocenters. The van der Waals surface area contributed by atoms with Crippen molar-refractivity contribution in [2.45, 2.75) is 21.4 Å². The molecule has 0 radical (unpaired) electrons. The van der Waals surface area contributed by atoms with Gasteiger partial charge >= 0.3 is 101 Å². The average molecular weight is 315 g/mol. The van der Waals surface area contributed by atoms with Crippen molar-refractivity contribution in [3.63, 3.8) is 0 Å². The number of ether oxygens (including phenoxy) is 2. The zero-order valence-electron chi connectivity index (χ0n) is 10.1. The zero-order chi connectivity index (χ0) is 11.1. The fraction of sp³-hybridized carbons (Fsp3) is 0.818. The van der Waals surface area contributed by atoms with E-state index in [4.69, 9.17) is 9.47 Å². The van der Waals surface area contributed by atoms with Crippen LogP contribution in [0.25, 0.3) is 0 Å². The molecule has 0 spiro atoms. The molecule has 1 aliphatic rings. The summed E-state index contributed by atoms with van der Waals surface area (Å²) in [7, 11) is 4.16. The first-order chi connectivity index (χ1) is 7.18. The molecule has 0 aromatic rings. The van der Waals surface area contributed by atoms with Crippen LogP contribution in [0, 0.1) is 0 Å². The van der Waals surface area contributed by atoms with Crippen LogP contribution < -0.4 is 0 Å². The molecule has 0 saturated heterocycles. The van der Waals surface area contributed by atoms with E-state index < -0.39 is 21.4 Å². The van der Waals surface area contributed by atoms with Gasteiger partial charge in [0, 0.05) is 0 Å². The van der Waals surface area contributed by atoms with Gasteiger partial charge in [0.05, 0.1) is 0 Å². The Bertz CT molecular complexity index is 197. The maximum absolute atomic E-state index is 5.61. The molecule has 3 nitrogen and oxygen atoms in total. The monoisotopic (exact) mass is 315 g/mol. The van der Waals surface area contributed by atoms with Gasteiger partial charge in [-0.1, -0.05) is 0 Å². The van der Waals surface area contributed by atoms with E-state index in [-0.39, 0.29) is 0 Å². The Hall–Kier alpha value is 0.490. The molecule has 0 amide bonds. The molecule has 0 N–H and O–H groups in total. The molecule has 86 valence electrons. The zero-order valence-corrected chi connectivity index (χ0v) is 13.4. The first-order valence-electron chi connectivity index (χ1n) is 5.71. The van der Waals surface area contributed by atoms with Gasteiger partial charge in [-0.15, -0.1) is 0 Å². The molecular weight excluding hydrogens is 293 g/mol. The topological polar surface area (TPSA) is 21.7 Å². The molecule has 1 atom stereocenters.